The van der Waals surface area contributed by atoms with Crippen molar-refractivity contribution in [2.45, 2.75) is 45.6 Å². The number of rotatable bonds is 1. The van der Waals surface area contributed by atoms with E-state index in [1.165, 1.54) is 6.92 Å². The number of hydrogen-bond acceptors (Lipinski definition) is 3. The molecule has 7 heteroatoms. The Bertz CT molecular complexity index is 336. The fourth-order valence-electron chi connectivity index (χ4n) is 2.14. The molecule has 4 nitrogen and oxygen atoms in total. The lowest BCUT2D eigenvalue weighted by atomic mass is 9.91. The van der Waals surface area contributed by atoms with Crippen molar-refractivity contribution in [2.75, 3.05) is 13.1 Å². The summed E-state index contributed by atoms with van der Waals surface area (Å²) in [4.78, 5) is 12.8. The minimum Gasteiger partial charge on any atom is -0.444 e. The van der Waals surface area contributed by atoms with Crippen molar-refractivity contribution in [3.8, 4) is 0 Å². The lowest BCUT2D eigenvalue weighted by molar-refractivity contribution is -0.187. The third-order valence-corrected chi connectivity index (χ3v) is 3.06. The summed E-state index contributed by atoms with van der Waals surface area (Å²) in [6.45, 7) is 5.64. The topological polar surface area (TPSA) is 49.8 Å². The van der Waals surface area contributed by atoms with E-state index < -0.39 is 42.4 Å². The van der Waals surface area contributed by atoms with Crippen molar-refractivity contribution >= 4 is 6.09 Å². The van der Waals surface area contributed by atoms with Crippen molar-refractivity contribution in [1.82, 2.24) is 4.90 Å². The van der Waals surface area contributed by atoms with Crippen LogP contribution in [0.5, 0.6) is 0 Å². The highest BCUT2D eigenvalue weighted by Gasteiger charge is 2.52. The molecular formula is C12H20F3NO3. The minimum atomic E-state index is -4.43. The van der Waals surface area contributed by atoms with Crippen LogP contribution in [0, 0.1) is 11.8 Å². The quantitative estimate of drug-likeness (QED) is 0.804. The zero-order valence-corrected chi connectivity index (χ0v) is 11.5. The van der Waals surface area contributed by atoms with Gasteiger partial charge in [-0.2, -0.15) is 13.2 Å². The third kappa shape index (κ3) is 4.26. The number of hydrogen-bond donors (Lipinski definition) is 1. The maximum Gasteiger partial charge on any atom is 0.410 e. The Morgan fingerprint density at radius 1 is 1.32 bits per heavy atom. The molecule has 0 spiro atoms. The molecule has 112 valence electrons. The van der Waals surface area contributed by atoms with Gasteiger partial charge in [0, 0.05) is 19.0 Å². The average molecular weight is 283 g/mol. The van der Waals surface area contributed by atoms with E-state index >= 15 is 0 Å². The molecule has 1 aliphatic heterocycles. The third-order valence-electron chi connectivity index (χ3n) is 3.06. The molecule has 19 heavy (non-hydrogen) atoms. The molecule has 0 aliphatic carbocycles. The van der Waals surface area contributed by atoms with Gasteiger partial charge < -0.3 is 14.7 Å². The Morgan fingerprint density at radius 2 is 1.84 bits per heavy atom. The van der Waals surface area contributed by atoms with Gasteiger partial charge in [0.1, 0.15) is 5.60 Å². The Kier molecular flexibility index (Phi) is 4.39. The Labute approximate surface area is 110 Å². The number of carbonyl (C=O) groups is 1. The Balaban J connectivity index is 2.78. The molecule has 0 bridgehead atoms. The smallest absolute Gasteiger partial charge is 0.410 e. The minimum absolute atomic E-state index is 0.142. The van der Waals surface area contributed by atoms with E-state index in [0.29, 0.717) is 0 Å². The van der Waals surface area contributed by atoms with Crippen molar-refractivity contribution in [1.29, 1.82) is 0 Å². The predicted molar refractivity (Wildman–Crippen MR) is 62.5 cm³/mol. The van der Waals surface area contributed by atoms with E-state index in [-0.39, 0.29) is 6.54 Å². The number of aliphatic hydroxyl groups is 1. The number of aliphatic hydroxyl groups excluding tert-OH is 1. The van der Waals surface area contributed by atoms with Crippen LogP contribution in [0.15, 0.2) is 0 Å². The van der Waals surface area contributed by atoms with Crippen LogP contribution in [0.4, 0.5) is 18.0 Å². The first-order valence-corrected chi connectivity index (χ1v) is 6.14. The van der Waals surface area contributed by atoms with Crippen LogP contribution in [0.3, 0.4) is 0 Å². The second-order valence-corrected chi connectivity index (χ2v) is 5.94. The highest BCUT2D eigenvalue weighted by molar-refractivity contribution is 5.68. The largest absolute Gasteiger partial charge is 0.444 e. The van der Waals surface area contributed by atoms with Crippen molar-refractivity contribution in [3.05, 3.63) is 0 Å². The zero-order chi connectivity index (χ0) is 15.0. The first kappa shape index (κ1) is 16.1. The van der Waals surface area contributed by atoms with Gasteiger partial charge in [0.05, 0.1) is 12.0 Å². The summed E-state index contributed by atoms with van der Waals surface area (Å²) in [6.07, 6.45) is -6.33. The summed E-state index contributed by atoms with van der Waals surface area (Å²) in [5.74, 6) is -2.72. The fourth-order valence-corrected chi connectivity index (χ4v) is 2.14. The van der Waals surface area contributed by atoms with Gasteiger partial charge in [0.2, 0.25) is 0 Å². The summed E-state index contributed by atoms with van der Waals surface area (Å²) < 4.78 is 43.6. The maximum absolute atomic E-state index is 12.9. The van der Waals surface area contributed by atoms with E-state index in [1.807, 2.05) is 0 Å². The van der Waals surface area contributed by atoms with Crippen molar-refractivity contribution < 1.29 is 27.8 Å². The zero-order valence-electron chi connectivity index (χ0n) is 11.5. The molecule has 1 heterocycles. The Hall–Kier alpha value is -0.980. The molecule has 0 radical (unpaired) electrons. The molecule has 0 aromatic heterocycles. The molecular weight excluding hydrogens is 263 g/mol. The normalized spacial score (nSPS) is 26.4. The molecule has 1 fully saturated rings. The number of halogens is 3. The van der Waals surface area contributed by atoms with Gasteiger partial charge in [-0.1, -0.05) is 0 Å². The first-order chi connectivity index (χ1) is 8.42. The van der Waals surface area contributed by atoms with Gasteiger partial charge >= 0.3 is 12.3 Å². The highest BCUT2D eigenvalue weighted by Crippen LogP contribution is 2.39. The lowest BCUT2D eigenvalue weighted by Crippen LogP contribution is -2.36. The monoisotopic (exact) mass is 283 g/mol. The number of ether oxygens (including phenoxy) is 1. The Morgan fingerprint density at radius 3 is 2.16 bits per heavy atom. The molecule has 1 rings (SSSR count). The summed E-state index contributed by atoms with van der Waals surface area (Å²) in [7, 11) is 0. The number of likely N-dealkylation sites (tertiary alicyclic amines) is 1. The molecule has 1 amide bonds. The predicted octanol–water partition coefficient (Wildman–Crippen LogP) is 2.41. The molecule has 1 aliphatic rings. The number of carbonyl (C=O) groups excluding carboxylic acids is 1. The molecule has 1 N–H and O–H groups in total. The van der Waals surface area contributed by atoms with Crippen molar-refractivity contribution in [3.63, 3.8) is 0 Å². The number of nitrogens with zero attached hydrogens (tertiary/aromatic N) is 1. The first-order valence-electron chi connectivity index (χ1n) is 6.14. The number of amides is 1. The lowest BCUT2D eigenvalue weighted by Gasteiger charge is -2.24. The van der Waals surface area contributed by atoms with Crippen LogP contribution in [-0.2, 0) is 4.74 Å². The van der Waals surface area contributed by atoms with Crippen LogP contribution in [0.1, 0.15) is 27.7 Å². The highest BCUT2D eigenvalue weighted by atomic mass is 19.4. The second-order valence-electron chi connectivity index (χ2n) is 5.94. The average Bonchev–Trinajstić information content (AvgIpc) is 2.57. The van der Waals surface area contributed by atoms with Crippen LogP contribution >= 0.6 is 0 Å². The van der Waals surface area contributed by atoms with Crippen LogP contribution in [-0.4, -0.2) is 47.1 Å². The van der Waals surface area contributed by atoms with E-state index in [9.17, 15) is 23.1 Å². The molecule has 0 aromatic rings. The number of alkyl halides is 3. The van der Waals surface area contributed by atoms with Gasteiger partial charge in [-0.25, -0.2) is 4.79 Å². The van der Waals surface area contributed by atoms with E-state index in [4.69, 9.17) is 4.74 Å². The SMILES string of the molecule is CC(O)C1CN(C(=O)OC(C)(C)C)CC1C(F)(F)F. The molecule has 1 saturated heterocycles. The molecule has 0 saturated carbocycles. The van der Waals surface area contributed by atoms with Crippen molar-refractivity contribution in [2.24, 2.45) is 11.8 Å². The van der Waals surface area contributed by atoms with Crippen LogP contribution in [0.2, 0.25) is 0 Å². The summed E-state index contributed by atoms with van der Waals surface area (Å²) in [6, 6.07) is 0. The van der Waals surface area contributed by atoms with E-state index in [2.05, 4.69) is 0 Å². The van der Waals surface area contributed by atoms with Gasteiger partial charge in [0.25, 0.3) is 0 Å². The molecule has 3 atom stereocenters. The standard InChI is InChI=1S/C12H20F3NO3/c1-7(17)8-5-16(6-9(8)12(13,14)15)10(18)19-11(2,3)4/h7-9,17H,5-6H2,1-4H3. The van der Waals surface area contributed by atoms with Gasteiger partial charge in [-0.3, -0.25) is 0 Å². The van der Waals surface area contributed by atoms with E-state index in [1.54, 1.807) is 20.8 Å². The van der Waals surface area contributed by atoms with Crippen LogP contribution < -0.4 is 0 Å². The van der Waals surface area contributed by atoms with E-state index in [0.717, 1.165) is 4.90 Å². The van der Waals surface area contributed by atoms with Gasteiger partial charge in [-0.05, 0) is 27.7 Å². The fraction of sp³-hybridized carbons (Fsp3) is 0.917. The summed E-state index contributed by atoms with van der Waals surface area (Å²) in [5.41, 5.74) is -0.756. The molecule has 0 aromatic carbocycles. The second kappa shape index (κ2) is 5.19. The summed E-state index contributed by atoms with van der Waals surface area (Å²) >= 11 is 0. The van der Waals surface area contributed by atoms with Gasteiger partial charge in [-0.15, -0.1) is 0 Å². The molecule has 3 unspecified atom stereocenters. The van der Waals surface area contributed by atoms with Crippen LogP contribution in [0.25, 0.3) is 0 Å². The maximum atomic E-state index is 12.9. The van der Waals surface area contributed by atoms with Gasteiger partial charge in [0.15, 0.2) is 0 Å². The summed E-state index contributed by atoms with van der Waals surface area (Å²) in [5, 5.41) is 9.44.